The molecular formula is C16H13N3O3. The maximum absolute atomic E-state index is 11.1. The fraction of sp³-hybridized carbons (Fsp3) is 0.0625. The standard InChI is InChI=1S/C16H13N3O3/c1-12-3-8-16(15(11-12)19(20)21)22-14-6-4-13(5-7-14)18-10-2-9-17-18/h2-11H,1H3. The molecule has 0 unspecified atom stereocenters. The monoisotopic (exact) mass is 295 g/mol. The molecule has 0 N–H and O–H groups in total. The van der Waals surface area contributed by atoms with E-state index in [4.69, 9.17) is 4.74 Å². The summed E-state index contributed by atoms with van der Waals surface area (Å²) < 4.78 is 7.35. The molecule has 3 aromatic rings. The van der Waals surface area contributed by atoms with Crippen molar-refractivity contribution >= 4 is 5.69 Å². The zero-order chi connectivity index (χ0) is 15.5. The predicted octanol–water partition coefficient (Wildman–Crippen LogP) is 3.88. The van der Waals surface area contributed by atoms with Crippen molar-refractivity contribution in [3.8, 4) is 17.2 Å². The van der Waals surface area contributed by atoms with Gasteiger partial charge in [-0.25, -0.2) is 4.68 Å². The molecule has 110 valence electrons. The predicted molar refractivity (Wildman–Crippen MR) is 81.5 cm³/mol. The summed E-state index contributed by atoms with van der Waals surface area (Å²) in [6.45, 7) is 1.80. The molecule has 6 heteroatoms. The van der Waals surface area contributed by atoms with Crippen molar-refractivity contribution in [2.75, 3.05) is 0 Å². The summed E-state index contributed by atoms with van der Waals surface area (Å²) in [6.07, 6.45) is 3.53. The van der Waals surface area contributed by atoms with E-state index in [2.05, 4.69) is 5.10 Å². The van der Waals surface area contributed by atoms with Gasteiger partial charge in [0.1, 0.15) is 5.75 Å². The lowest BCUT2D eigenvalue weighted by molar-refractivity contribution is -0.385. The second-order valence-corrected chi connectivity index (χ2v) is 4.77. The van der Waals surface area contributed by atoms with E-state index in [1.807, 2.05) is 24.4 Å². The van der Waals surface area contributed by atoms with E-state index in [-0.39, 0.29) is 11.4 Å². The lowest BCUT2D eigenvalue weighted by Crippen LogP contribution is -1.95. The molecule has 3 rings (SSSR count). The van der Waals surface area contributed by atoms with Crippen LogP contribution in [0.3, 0.4) is 0 Å². The Balaban J connectivity index is 1.86. The van der Waals surface area contributed by atoms with Crippen LogP contribution in [-0.2, 0) is 0 Å². The van der Waals surface area contributed by atoms with Crippen molar-refractivity contribution in [1.29, 1.82) is 0 Å². The second-order valence-electron chi connectivity index (χ2n) is 4.77. The fourth-order valence-electron chi connectivity index (χ4n) is 2.07. The van der Waals surface area contributed by atoms with E-state index in [1.54, 1.807) is 42.1 Å². The molecule has 6 nitrogen and oxygen atoms in total. The van der Waals surface area contributed by atoms with Crippen LogP contribution in [-0.4, -0.2) is 14.7 Å². The molecule has 1 aromatic heterocycles. The van der Waals surface area contributed by atoms with E-state index in [1.165, 1.54) is 6.07 Å². The third-order valence-electron chi connectivity index (χ3n) is 3.14. The molecule has 0 radical (unpaired) electrons. The third-order valence-corrected chi connectivity index (χ3v) is 3.14. The second kappa shape index (κ2) is 5.69. The topological polar surface area (TPSA) is 70.2 Å². The zero-order valence-electron chi connectivity index (χ0n) is 11.8. The van der Waals surface area contributed by atoms with Crippen LogP contribution in [0.4, 0.5) is 5.69 Å². The SMILES string of the molecule is Cc1ccc(Oc2ccc(-n3cccn3)cc2)c([N+](=O)[O-])c1. The normalized spacial score (nSPS) is 10.4. The van der Waals surface area contributed by atoms with Crippen LogP contribution in [0.5, 0.6) is 11.5 Å². The van der Waals surface area contributed by atoms with Gasteiger partial charge in [-0.2, -0.15) is 5.10 Å². The summed E-state index contributed by atoms with van der Waals surface area (Å²) in [7, 11) is 0. The fourth-order valence-corrected chi connectivity index (χ4v) is 2.07. The molecule has 0 fully saturated rings. The van der Waals surface area contributed by atoms with Gasteiger partial charge >= 0.3 is 5.69 Å². The molecule has 0 saturated heterocycles. The number of aryl methyl sites for hydroxylation is 1. The number of ether oxygens (including phenoxy) is 1. The molecule has 22 heavy (non-hydrogen) atoms. The van der Waals surface area contributed by atoms with Crippen molar-refractivity contribution in [1.82, 2.24) is 9.78 Å². The molecule has 0 bridgehead atoms. The number of rotatable bonds is 4. The summed E-state index contributed by atoms with van der Waals surface area (Å²) >= 11 is 0. The van der Waals surface area contributed by atoms with Crippen molar-refractivity contribution in [3.05, 3.63) is 76.6 Å². The van der Waals surface area contributed by atoms with E-state index in [9.17, 15) is 10.1 Å². The first-order valence-corrected chi connectivity index (χ1v) is 6.66. The van der Waals surface area contributed by atoms with Crippen LogP contribution in [0.15, 0.2) is 60.9 Å². The number of nitro groups is 1. The van der Waals surface area contributed by atoms with Crippen molar-refractivity contribution in [2.24, 2.45) is 0 Å². The molecule has 0 atom stereocenters. The summed E-state index contributed by atoms with van der Waals surface area (Å²) in [6, 6.07) is 13.9. The van der Waals surface area contributed by atoms with Gasteiger partial charge in [-0.3, -0.25) is 10.1 Å². The Morgan fingerprint density at radius 1 is 1.18 bits per heavy atom. The maximum Gasteiger partial charge on any atom is 0.311 e. The molecule has 0 amide bonds. The Bertz CT molecular complexity index is 796. The van der Waals surface area contributed by atoms with Crippen LogP contribution in [0.1, 0.15) is 5.56 Å². The zero-order valence-corrected chi connectivity index (χ0v) is 11.8. The average molecular weight is 295 g/mol. The molecule has 0 aliphatic heterocycles. The minimum absolute atomic E-state index is 0.0452. The van der Waals surface area contributed by atoms with Crippen molar-refractivity contribution in [3.63, 3.8) is 0 Å². The molecule has 0 aliphatic rings. The smallest absolute Gasteiger partial charge is 0.311 e. The largest absolute Gasteiger partial charge is 0.450 e. The third kappa shape index (κ3) is 2.80. The minimum atomic E-state index is -0.444. The number of hydrogen-bond acceptors (Lipinski definition) is 4. The van der Waals surface area contributed by atoms with Gasteiger partial charge in [0.05, 0.1) is 10.6 Å². The lowest BCUT2D eigenvalue weighted by Gasteiger charge is -2.08. The first-order valence-electron chi connectivity index (χ1n) is 6.66. The van der Waals surface area contributed by atoms with Gasteiger partial charge < -0.3 is 4.74 Å². The van der Waals surface area contributed by atoms with Crippen LogP contribution >= 0.6 is 0 Å². The highest BCUT2D eigenvalue weighted by atomic mass is 16.6. The van der Waals surface area contributed by atoms with Crippen LogP contribution in [0.25, 0.3) is 5.69 Å². The Hall–Kier alpha value is -3.15. The summed E-state index contributed by atoms with van der Waals surface area (Å²) in [5, 5.41) is 15.2. The molecule has 0 saturated carbocycles. The van der Waals surface area contributed by atoms with E-state index in [0.717, 1.165) is 11.3 Å². The Kier molecular flexibility index (Phi) is 3.57. The molecule has 1 heterocycles. The van der Waals surface area contributed by atoms with Gasteiger partial charge in [-0.05, 0) is 48.9 Å². The highest BCUT2D eigenvalue weighted by Crippen LogP contribution is 2.32. The number of hydrogen-bond donors (Lipinski definition) is 0. The number of nitro benzene ring substituents is 1. The molecule has 2 aromatic carbocycles. The summed E-state index contributed by atoms with van der Waals surface area (Å²) in [4.78, 5) is 10.6. The van der Waals surface area contributed by atoms with Crippen LogP contribution in [0, 0.1) is 17.0 Å². The summed E-state index contributed by atoms with van der Waals surface area (Å²) in [5.41, 5.74) is 1.65. The Labute approximate surface area is 126 Å². The van der Waals surface area contributed by atoms with E-state index < -0.39 is 4.92 Å². The Morgan fingerprint density at radius 3 is 2.59 bits per heavy atom. The first kappa shape index (κ1) is 13.8. The van der Waals surface area contributed by atoms with Gasteiger partial charge in [0.2, 0.25) is 5.75 Å². The van der Waals surface area contributed by atoms with Crippen molar-refractivity contribution in [2.45, 2.75) is 6.92 Å². The maximum atomic E-state index is 11.1. The van der Waals surface area contributed by atoms with Gasteiger partial charge in [0, 0.05) is 18.5 Å². The van der Waals surface area contributed by atoms with E-state index >= 15 is 0 Å². The molecule has 0 aliphatic carbocycles. The number of benzene rings is 2. The quantitative estimate of drug-likeness (QED) is 0.541. The number of nitrogens with zero attached hydrogens (tertiary/aromatic N) is 3. The Morgan fingerprint density at radius 2 is 1.95 bits per heavy atom. The molecule has 0 spiro atoms. The minimum Gasteiger partial charge on any atom is -0.450 e. The van der Waals surface area contributed by atoms with Gasteiger partial charge in [-0.1, -0.05) is 6.07 Å². The van der Waals surface area contributed by atoms with Gasteiger partial charge in [-0.15, -0.1) is 0 Å². The van der Waals surface area contributed by atoms with Gasteiger partial charge in [0.25, 0.3) is 0 Å². The number of aromatic nitrogens is 2. The average Bonchev–Trinajstić information content (AvgIpc) is 3.04. The van der Waals surface area contributed by atoms with Crippen molar-refractivity contribution < 1.29 is 9.66 Å². The van der Waals surface area contributed by atoms with Gasteiger partial charge in [0.15, 0.2) is 0 Å². The first-order chi connectivity index (χ1) is 10.6. The lowest BCUT2D eigenvalue weighted by atomic mass is 10.2. The van der Waals surface area contributed by atoms with E-state index in [0.29, 0.717) is 5.75 Å². The van der Waals surface area contributed by atoms with Crippen LogP contribution < -0.4 is 4.74 Å². The van der Waals surface area contributed by atoms with Crippen LogP contribution in [0.2, 0.25) is 0 Å². The highest BCUT2D eigenvalue weighted by Gasteiger charge is 2.15. The summed E-state index contributed by atoms with van der Waals surface area (Å²) in [5.74, 6) is 0.755. The highest BCUT2D eigenvalue weighted by molar-refractivity contribution is 5.50. The molecular weight excluding hydrogens is 282 g/mol.